The van der Waals surface area contributed by atoms with Crippen LogP contribution in [0.15, 0.2) is 0 Å². The van der Waals surface area contributed by atoms with Crippen LogP contribution in [-0.4, -0.2) is 21.8 Å². The Morgan fingerprint density at radius 3 is 2.38 bits per heavy atom. The van der Waals surface area contributed by atoms with Gasteiger partial charge in [-0.2, -0.15) is 0 Å². The fourth-order valence-corrected chi connectivity index (χ4v) is 1.07. The molecule has 0 bridgehead atoms. The van der Waals surface area contributed by atoms with Crippen LogP contribution in [0, 0.1) is 23.3 Å². The second kappa shape index (κ2) is 6.77. The average Bonchev–Trinajstić information content (AvgIpc) is 2.01. The van der Waals surface area contributed by atoms with E-state index in [4.69, 9.17) is 4.74 Å². The summed E-state index contributed by atoms with van der Waals surface area (Å²) < 4.78 is 4.91. The van der Waals surface area contributed by atoms with Gasteiger partial charge in [-0.05, 0) is 18.3 Å². The summed E-state index contributed by atoms with van der Waals surface area (Å²) in [5.74, 6) is 8.79. The molecule has 13 heavy (non-hydrogen) atoms. The number of hydrogen-bond acceptors (Lipinski definition) is 1. The van der Waals surface area contributed by atoms with Gasteiger partial charge in [0.15, 0.2) is 0 Å². The summed E-state index contributed by atoms with van der Waals surface area (Å²) in [5.41, 5.74) is 3.20. The van der Waals surface area contributed by atoms with Crippen molar-refractivity contribution in [3.05, 3.63) is 0 Å². The molecule has 72 valence electrons. The molecule has 2 heteroatoms. The molecule has 0 aromatic carbocycles. The van der Waals surface area contributed by atoms with E-state index in [1.165, 1.54) is 0 Å². The van der Waals surface area contributed by atoms with Crippen LogP contribution >= 0.6 is 0 Å². The molecule has 0 aromatic heterocycles. The fraction of sp³-hybridized carbons (Fsp3) is 0.636. The van der Waals surface area contributed by atoms with E-state index < -0.39 is 8.07 Å². The average molecular weight is 194 g/mol. The minimum absolute atomic E-state index is 0.788. The van der Waals surface area contributed by atoms with E-state index in [9.17, 15) is 0 Å². The highest BCUT2D eigenvalue weighted by molar-refractivity contribution is 6.83. The van der Waals surface area contributed by atoms with E-state index in [0.29, 0.717) is 0 Å². The Balaban J connectivity index is 3.65. The van der Waals surface area contributed by atoms with E-state index in [2.05, 4.69) is 42.9 Å². The lowest BCUT2D eigenvalue weighted by Crippen LogP contribution is -2.16. The quantitative estimate of drug-likeness (QED) is 0.380. The maximum absolute atomic E-state index is 4.91. The van der Waals surface area contributed by atoms with Crippen LogP contribution in [0.25, 0.3) is 0 Å². The van der Waals surface area contributed by atoms with Gasteiger partial charge in [-0.1, -0.05) is 25.6 Å². The first-order valence-electron chi connectivity index (χ1n) is 4.55. The molecule has 0 spiro atoms. The Hall–Kier alpha value is -0.703. The Labute approximate surface area is 82.9 Å². The summed E-state index contributed by atoms with van der Waals surface area (Å²) in [7, 11) is 0.486. The van der Waals surface area contributed by atoms with Crippen LogP contribution < -0.4 is 0 Å². The summed E-state index contributed by atoms with van der Waals surface area (Å²) in [6.45, 7) is 7.43. The van der Waals surface area contributed by atoms with Gasteiger partial charge in [-0.15, -0.1) is 5.54 Å². The van der Waals surface area contributed by atoms with E-state index in [1.807, 2.05) is 0 Å². The second-order valence-electron chi connectivity index (χ2n) is 3.90. The zero-order chi connectivity index (χ0) is 10.2. The van der Waals surface area contributed by atoms with Crippen molar-refractivity contribution < 1.29 is 4.74 Å². The number of ether oxygens (including phenoxy) is 1. The number of unbranched alkanes of at least 4 members (excludes halogenated alkanes) is 1. The van der Waals surface area contributed by atoms with Crippen molar-refractivity contribution in [3.63, 3.8) is 0 Å². The van der Waals surface area contributed by atoms with E-state index in [0.717, 1.165) is 19.4 Å². The van der Waals surface area contributed by atoms with Crippen LogP contribution in [0.5, 0.6) is 0 Å². The van der Waals surface area contributed by atoms with Gasteiger partial charge in [0, 0.05) is 20.1 Å². The SMILES string of the molecule is COCCCC#CC#C[Si](C)(C)C. The molecular weight excluding hydrogens is 176 g/mol. The van der Waals surface area contributed by atoms with Gasteiger partial charge in [0.1, 0.15) is 8.07 Å². The van der Waals surface area contributed by atoms with Crippen molar-refractivity contribution in [3.8, 4) is 23.3 Å². The third-order valence-corrected chi connectivity index (χ3v) is 2.11. The third-order valence-electron chi connectivity index (χ3n) is 1.24. The van der Waals surface area contributed by atoms with E-state index >= 15 is 0 Å². The Morgan fingerprint density at radius 2 is 1.85 bits per heavy atom. The summed E-state index contributed by atoms with van der Waals surface area (Å²) in [6, 6.07) is 0. The fourth-order valence-electron chi connectivity index (χ4n) is 0.630. The summed E-state index contributed by atoms with van der Waals surface area (Å²) in [6.07, 6.45) is 1.88. The number of rotatable bonds is 3. The molecule has 0 aliphatic heterocycles. The standard InChI is InChI=1S/C11H18OSi/c1-12-10-8-6-5-7-9-11-13(2,3)4/h6,8,10H2,1-4H3. The van der Waals surface area contributed by atoms with Gasteiger partial charge in [0.05, 0.1) is 0 Å². The largest absolute Gasteiger partial charge is 0.385 e. The van der Waals surface area contributed by atoms with Gasteiger partial charge < -0.3 is 4.74 Å². The summed E-state index contributed by atoms with van der Waals surface area (Å²) >= 11 is 0. The first kappa shape index (κ1) is 12.3. The molecule has 0 aliphatic rings. The van der Waals surface area contributed by atoms with E-state index in [-0.39, 0.29) is 0 Å². The number of hydrogen-bond donors (Lipinski definition) is 0. The monoisotopic (exact) mass is 194 g/mol. The maximum Gasteiger partial charge on any atom is 0.130 e. The van der Waals surface area contributed by atoms with Crippen molar-refractivity contribution in [2.45, 2.75) is 32.5 Å². The normalized spacial score (nSPS) is 9.54. The number of methoxy groups -OCH3 is 1. The minimum Gasteiger partial charge on any atom is -0.385 e. The lowest BCUT2D eigenvalue weighted by molar-refractivity contribution is 0.196. The van der Waals surface area contributed by atoms with Crippen LogP contribution in [0.3, 0.4) is 0 Å². The lowest BCUT2D eigenvalue weighted by Gasteiger charge is -2.01. The van der Waals surface area contributed by atoms with Crippen molar-refractivity contribution in [1.29, 1.82) is 0 Å². The molecule has 0 atom stereocenters. The molecule has 1 nitrogen and oxygen atoms in total. The molecule has 0 heterocycles. The lowest BCUT2D eigenvalue weighted by atomic mass is 10.3. The molecule has 0 rings (SSSR count). The van der Waals surface area contributed by atoms with E-state index in [1.54, 1.807) is 7.11 Å². The Morgan fingerprint density at radius 1 is 1.15 bits per heavy atom. The predicted molar refractivity (Wildman–Crippen MR) is 60.0 cm³/mol. The molecule has 0 fully saturated rings. The molecule has 0 unspecified atom stereocenters. The van der Waals surface area contributed by atoms with Gasteiger partial charge in [0.2, 0.25) is 0 Å². The zero-order valence-electron chi connectivity index (χ0n) is 9.03. The van der Waals surface area contributed by atoms with Crippen molar-refractivity contribution >= 4 is 8.07 Å². The smallest absolute Gasteiger partial charge is 0.130 e. The highest BCUT2D eigenvalue weighted by Gasteiger charge is 2.06. The Kier molecular flexibility index (Phi) is 6.41. The maximum atomic E-state index is 4.91. The molecule has 0 amide bonds. The summed E-state index contributed by atoms with van der Waals surface area (Å²) in [4.78, 5) is 0. The third kappa shape index (κ3) is 11.3. The Bertz CT molecular complexity index is 241. The van der Waals surface area contributed by atoms with Crippen molar-refractivity contribution in [1.82, 2.24) is 0 Å². The molecular formula is C11H18OSi. The first-order valence-corrected chi connectivity index (χ1v) is 8.05. The highest BCUT2D eigenvalue weighted by atomic mass is 28.3. The molecule has 0 radical (unpaired) electrons. The zero-order valence-corrected chi connectivity index (χ0v) is 10.0. The topological polar surface area (TPSA) is 9.23 Å². The molecule has 0 saturated carbocycles. The van der Waals surface area contributed by atoms with Crippen LogP contribution in [-0.2, 0) is 4.74 Å². The van der Waals surface area contributed by atoms with Crippen LogP contribution in [0.1, 0.15) is 12.8 Å². The minimum atomic E-state index is -1.22. The predicted octanol–water partition coefficient (Wildman–Crippen LogP) is 2.30. The van der Waals surface area contributed by atoms with Crippen LogP contribution in [0.4, 0.5) is 0 Å². The van der Waals surface area contributed by atoms with Crippen molar-refractivity contribution in [2.75, 3.05) is 13.7 Å². The second-order valence-corrected chi connectivity index (χ2v) is 8.65. The molecule has 0 aromatic rings. The van der Waals surface area contributed by atoms with Crippen molar-refractivity contribution in [2.24, 2.45) is 0 Å². The van der Waals surface area contributed by atoms with Gasteiger partial charge >= 0.3 is 0 Å². The van der Waals surface area contributed by atoms with Gasteiger partial charge in [-0.25, -0.2) is 0 Å². The van der Waals surface area contributed by atoms with Gasteiger partial charge in [0.25, 0.3) is 0 Å². The van der Waals surface area contributed by atoms with Crippen LogP contribution in [0.2, 0.25) is 19.6 Å². The molecule has 0 aliphatic carbocycles. The summed E-state index contributed by atoms with van der Waals surface area (Å²) in [5, 5.41) is 0. The molecule has 0 saturated heterocycles. The van der Waals surface area contributed by atoms with Gasteiger partial charge in [-0.3, -0.25) is 0 Å². The first-order chi connectivity index (χ1) is 6.06. The molecule has 0 N–H and O–H groups in total. The highest BCUT2D eigenvalue weighted by Crippen LogP contribution is 1.95.